The van der Waals surface area contributed by atoms with Gasteiger partial charge in [0.05, 0.1) is 29.9 Å². The second-order valence-corrected chi connectivity index (χ2v) is 11.1. The summed E-state index contributed by atoms with van der Waals surface area (Å²) in [6.07, 6.45) is -2.51. The predicted molar refractivity (Wildman–Crippen MR) is 177 cm³/mol. The Morgan fingerprint density at radius 2 is 1.44 bits per heavy atom. The van der Waals surface area contributed by atoms with Crippen molar-refractivity contribution in [1.29, 1.82) is 0 Å². The van der Waals surface area contributed by atoms with Gasteiger partial charge in [0.1, 0.15) is 5.82 Å². The third kappa shape index (κ3) is 9.84. The summed E-state index contributed by atoms with van der Waals surface area (Å²) >= 11 is 0. The number of aliphatic carboxylic acids is 1. The molecule has 0 aliphatic rings. The van der Waals surface area contributed by atoms with E-state index in [4.69, 9.17) is 5.11 Å². The highest BCUT2D eigenvalue weighted by molar-refractivity contribution is 6.12. The number of carboxylic acids is 1. The van der Waals surface area contributed by atoms with Gasteiger partial charge in [0.15, 0.2) is 0 Å². The number of benzene rings is 3. The monoisotopic (exact) mass is 617 g/mol. The maximum Gasteiger partial charge on any atom is 0.305 e. The lowest BCUT2D eigenvalue weighted by molar-refractivity contribution is -0.139. The number of amides is 1. The fourth-order valence-corrected chi connectivity index (χ4v) is 5.20. The number of carboxylic acid groups (broad SMARTS) is 1. The van der Waals surface area contributed by atoms with Crippen LogP contribution in [-0.4, -0.2) is 57.6 Å². The molecule has 0 radical (unpaired) electrons. The highest BCUT2D eigenvalue weighted by atomic mass is 19.1. The van der Waals surface area contributed by atoms with Gasteiger partial charge in [-0.3, -0.25) is 9.59 Å². The minimum absolute atomic E-state index is 0.0939. The zero-order valence-corrected chi connectivity index (χ0v) is 26.3. The van der Waals surface area contributed by atoms with Crippen molar-refractivity contribution in [3.8, 4) is 22.4 Å². The molecule has 0 bridgehead atoms. The van der Waals surface area contributed by atoms with E-state index in [1.54, 1.807) is 12.1 Å². The highest BCUT2D eigenvalue weighted by Gasteiger charge is 2.31. The standard InChI is InChI=1S/C33H35FN2O5.C3H9N/c1-21(2)31-30(33(41)35-25-11-7-4-8-12-25)29(22-9-5-3-6-10-22)32(23-13-15-24(34)16-14-23)36(31)18-17-26(37)19-27(38)20-28(39)40;1-3-4-2/h3-16,21,26-27,37-38H,17-20H2,1-2H3,(H,35,41)(H,39,40);4H,3H2,1-2H3/t26-,27-;/m1./s1. The summed E-state index contributed by atoms with van der Waals surface area (Å²) < 4.78 is 16.0. The van der Waals surface area contributed by atoms with E-state index in [2.05, 4.69) is 17.6 Å². The molecule has 0 aliphatic carbocycles. The van der Waals surface area contributed by atoms with Crippen LogP contribution in [0.1, 0.15) is 62.0 Å². The molecule has 1 amide bonds. The molecule has 2 atom stereocenters. The zero-order chi connectivity index (χ0) is 32.9. The van der Waals surface area contributed by atoms with Gasteiger partial charge in [0.2, 0.25) is 0 Å². The zero-order valence-electron chi connectivity index (χ0n) is 26.3. The van der Waals surface area contributed by atoms with Crippen LogP contribution >= 0.6 is 0 Å². The van der Waals surface area contributed by atoms with Crippen LogP contribution in [0.15, 0.2) is 84.9 Å². The molecule has 1 aromatic heterocycles. The average Bonchev–Trinajstić information content (AvgIpc) is 3.36. The summed E-state index contributed by atoms with van der Waals surface area (Å²) in [7, 11) is 1.93. The predicted octanol–water partition coefficient (Wildman–Crippen LogP) is 6.54. The van der Waals surface area contributed by atoms with Gasteiger partial charge in [-0.05, 0) is 79.9 Å². The Labute approximate surface area is 264 Å². The third-order valence-electron chi connectivity index (χ3n) is 7.28. The topological polar surface area (TPSA) is 124 Å². The van der Waals surface area contributed by atoms with Crippen LogP contribution in [0, 0.1) is 5.82 Å². The van der Waals surface area contributed by atoms with E-state index >= 15 is 0 Å². The van der Waals surface area contributed by atoms with Crippen LogP contribution in [-0.2, 0) is 11.3 Å². The van der Waals surface area contributed by atoms with Crippen molar-refractivity contribution in [1.82, 2.24) is 9.88 Å². The Kier molecular flexibility index (Phi) is 13.5. The van der Waals surface area contributed by atoms with Gasteiger partial charge in [-0.2, -0.15) is 0 Å². The van der Waals surface area contributed by atoms with Gasteiger partial charge in [-0.1, -0.05) is 69.3 Å². The van der Waals surface area contributed by atoms with Crippen LogP contribution in [0.2, 0.25) is 0 Å². The molecular weight excluding hydrogens is 573 g/mol. The van der Waals surface area contributed by atoms with E-state index in [0.717, 1.165) is 17.8 Å². The normalized spacial score (nSPS) is 12.3. The number of aliphatic hydroxyl groups is 2. The van der Waals surface area contributed by atoms with Crippen molar-refractivity contribution < 1.29 is 29.3 Å². The van der Waals surface area contributed by atoms with Crippen LogP contribution < -0.4 is 10.6 Å². The number of anilines is 1. The molecule has 8 nitrogen and oxygen atoms in total. The SMILES string of the molecule is CC(C)c1c(C(=O)Nc2ccccc2)c(-c2ccccc2)c(-c2ccc(F)cc2)n1CC[C@@H](O)C[C@@H](O)CC(=O)O.CCNC. The van der Waals surface area contributed by atoms with Gasteiger partial charge in [0, 0.05) is 23.5 Å². The molecule has 0 saturated heterocycles. The maximum absolute atomic E-state index is 14.0. The molecule has 45 heavy (non-hydrogen) atoms. The first kappa shape index (κ1) is 35.2. The number of hydrogen-bond donors (Lipinski definition) is 5. The molecule has 0 unspecified atom stereocenters. The molecule has 5 N–H and O–H groups in total. The van der Waals surface area contributed by atoms with E-state index < -0.39 is 24.6 Å². The number of carbonyl (C=O) groups excluding carboxylic acids is 1. The number of halogens is 1. The van der Waals surface area contributed by atoms with Gasteiger partial charge in [-0.15, -0.1) is 0 Å². The van der Waals surface area contributed by atoms with Crippen LogP contribution in [0.3, 0.4) is 0 Å². The Bertz CT molecular complexity index is 1500. The highest BCUT2D eigenvalue weighted by Crippen LogP contribution is 2.42. The van der Waals surface area contributed by atoms with Gasteiger partial charge in [-0.25, -0.2) is 4.39 Å². The Hall–Kier alpha value is -4.31. The van der Waals surface area contributed by atoms with E-state index in [9.17, 15) is 24.2 Å². The summed E-state index contributed by atoms with van der Waals surface area (Å²) in [6.45, 7) is 7.39. The van der Waals surface area contributed by atoms with Crippen molar-refractivity contribution in [2.75, 3.05) is 18.9 Å². The van der Waals surface area contributed by atoms with E-state index in [0.29, 0.717) is 28.1 Å². The molecule has 3 aromatic carbocycles. The molecule has 0 saturated carbocycles. The summed E-state index contributed by atoms with van der Waals surface area (Å²) in [5, 5.41) is 35.7. The number of hydrogen-bond acceptors (Lipinski definition) is 5. The van der Waals surface area contributed by atoms with E-state index in [1.165, 1.54) is 12.1 Å². The first-order chi connectivity index (χ1) is 21.6. The smallest absolute Gasteiger partial charge is 0.305 e. The number of aliphatic hydroxyl groups excluding tert-OH is 2. The average molecular weight is 618 g/mol. The molecule has 0 spiro atoms. The molecule has 0 fully saturated rings. The van der Waals surface area contributed by atoms with E-state index in [-0.39, 0.29) is 37.0 Å². The summed E-state index contributed by atoms with van der Waals surface area (Å²) in [6, 6.07) is 24.8. The third-order valence-corrected chi connectivity index (χ3v) is 7.28. The minimum Gasteiger partial charge on any atom is -0.481 e. The van der Waals surface area contributed by atoms with Crippen LogP contribution in [0.4, 0.5) is 10.1 Å². The van der Waals surface area contributed by atoms with Crippen molar-refractivity contribution in [2.45, 2.75) is 64.7 Å². The first-order valence-electron chi connectivity index (χ1n) is 15.2. The number of para-hydroxylation sites is 1. The Morgan fingerprint density at radius 1 is 0.867 bits per heavy atom. The first-order valence-corrected chi connectivity index (χ1v) is 15.2. The summed E-state index contributed by atoms with van der Waals surface area (Å²) in [5.41, 5.74) is 4.77. The van der Waals surface area contributed by atoms with Crippen LogP contribution in [0.25, 0.3) is 22.4 Å². The Morgan fingerprint density at radius 3 is 1.98 bits per heavy atom. The second-order valence-electron chi connectivity index (χ2n) is 11.1. The lowest BCUT2D eigenvalue weighted by Crippen LogP contribution is -2.22. The largest absolute Gasteiger partial charge is 0.481 e. The van der Waals surface area contributed by atoms with Crippen molar-refractivity contribution in [2.24, 2.45) is 0 Å². The molecule has 1 heterocycles. The number of nitrogens with zero attached hydrogens (tertiary/aromatic N) is 1. The molecule has 9 heteroatoms. The summed E-state index contributed by atoms with van der Waals surface area (Å²) in [5.74, 6) is -1.93. The quantitative estimate of drug-likeness (QED) is 0.116. The lowest BCUT2D eigenvalue weighted by Gasteiger charge is -2.20. The second kappa shape index (κ2) is 17.2. The number of carbonyl (C=O) groups is 2. The van der Waals surface area contributed by atoms with Crippen molar-refractivity contribution in [3.63, 3.8) is 0 Å². The fourth-order valence-electron chi connectivity index (χ4n) is 5.20. The number of rotatable bonds is 13. The Balaban J connectivity index is 0.00000130. The minimum atomic E-state index is -1.18. The van der Waals surface area contributed by atoms with E-state index in [1.807, 2.05) is 86.1 Å². The van der Waals surface area contributed by atoms with Crippen LogP contribution in [0.5, 0.6) is 0 Å². The lowest BCUT2D eigenvalue weighted by atomic mass is 9.94. The fraction of sp³-hybridized carbons (Fsp3) is 0.333. The van der Waals surface area contributed by atoms with Gasteiger partial charge in [0.25, 0.3) is 5.91 Å². The molecule has 0 aliphatic heterocycles. The summed E-state index contributed by atoms with van der Waals surface area (Å²) in [4.78, 5) is 25.0. The number of aromatic nitrogens is 1. The molecule has 4 rings (SSSR count). The molecule has 240 valence electrons. The molecular formula is C36H44FN3O5. The van der Waals surface area contributed by atoms with Crippen molar-refractivity contribution in [3.05, 3.63) is 102 Å². The van der Waals surface area contributed by atoms with Gasteiger partial charge >= 0.3 is 5.97 Å². The van der Waals surface area contributed by atoms with Crippen molar-refractivity contribution >= 4 is 17.6 Å². The number of nitrogens with one attached hydrogen (secondary N) is 2. The maximum atomic E-state index is 14.0. The van der Waals surface area contributed by atoms with Gasteiger partial charge < -0.3 is 30.5 Å². The molecule has 4 aromatic rings.